The Morgan fingerprint density at radius 3 is 2.74 bits per heavy atom. The van der Waals surface area contributed by atoms with Gasteiger partial charge in [-0.15, -0.1) is 11.3 Å². The molecule has 2 heterocycles. The van der Waals surface area contributed by atoms with Crippen molar-refractivity contribution in [3.05, 3.63) is 22.4 Å². The third kappa shape index (κ3) is 2.76. The molecule has 0 amide bonds. The molecule has 0 aliphatic carbocycles. The van der Waals surface area contributed by atoms with Crippen molar-refractivity contribution in [2.75, 3.05) is 31.4 Å². The molecule has 102 valence electrons. The summed E-state index contributed by atoms with van der Waals surface area (Å²) >= 11 is 1.64. The number of aromatic nitrogens is 3. The molecule has 0 aliphatic heterocycles. The number of anilines is 2. The maximum absolute atomic E-state index is 5.40. The molecule has 2 aromatic heterocycles. The van der Waals surface area contributed by atoms with Crippen molar-refractivity contribution < 1.29 is 4.74 Å². The second-order valence-electron chi connectivity index (χ2n) is 4.05. The first kappa shape index (κ1) is 13.5. The minimum atomic E-state index is 0.648. The topological polar surface area (TPSA) is 63.2 Å². The number of methoxy groups -OCH3 is 1. The number of hydrogen-bond donors (Lipinski definition) is 1. The van der Waals surface area contributed by atoms with Crippen LogP contribution in [0.3, 0.4) is 0 Å². The van der Waals surface area contributed by atoms with Crippen molar-refractivity contribution in [2.45, 2.75) is 13.5 Å². The second-order valence-corrected chi connectivity index (χ2v) is 4.99. The molecule has 2 aromatic rings. The molecule has 0 saturated carbocycles. The number of nitrogens with one attached hydrogen (secondary N) is 1. The summed E-state index contributed by atoms with van der Waals surface area (Å²) in [5.41, 5.74) is 2.91. The van der Waals surface area contributed by atoms with Crippen LogP contribution in [0.1, 0.15) is 10.6 Å². The van der Waals surface area contributed by atoms with E-state index in [9.17, 15) is 0 Å². The molecule has 0 saturated heterocycles. The van der Waals surface area contributed by atoms with E-state index in [0.29, 0.717) is 11.6 Å². The molecule has 0 fully saturated rings. The Kier molecular flexibility index (Phi) is 4.16. The van der Waals surface area contributed by atoms with Gasteiger partial charge in [-0.25, -0.2) is 15.0 Å². The van der Waals surface area contributed by atoms with Crippen molar-refractivity contribution in [1.82, 2.24) is 15.0 Å². The van der Waals surface area contributed by atoms with Gasteiger partial charge in [-0.1, -0.05) is 0 Å². The Morgan fingerprint density at radius 1 is 1.37 bits per heavy atom. The Morgan fingerprint density at radius 2 is 2.16 bits per heavy atom. The quantitative estimate of drug-likeness (QED) is 0.902. The molecule has 0 atom stereocenters. The van der Waals surface area contributed by atoms with Crippen LogP contribution in [-0.4, -0.2) is 36.2 Å². The smallest absolute Gasteiger partial charge is 0.204 e. The fourth-order valence-electron chi connectivity index (χ4n) is 1.77. The van der Waals surface area contributed by atoms with Gasteiger partial charge in [0.1, 0.15) is 6.33 Å². The van der Waals surface area contributed by atoms with Gasteiger partial charge in [-0.3, -0.25) is 0 Å². The number of aryl methyl sites for hydroxylation is 1. The fourth-order valence-corrected chi connectivity index (χ4v) is 2.60. The predicted octanol–water partition coefficient (Wildman–Crippen LogP) is 1.93. The maximum atomic E-state index is 5.40. The Labute approximate surface area is 116 Å². The van der Waals surface area contributed by atoms with Crippen LogP contribution in [0.15, 0.2) is 11.8 Å². The summed E-state index contributed by atoms with van der Waals surface area (Å²) in [4.78, 5) is 15.9. The van der Waals surface area contributed by atoms with Gasteiger partial charge in [-0.2, -0.15) is 0 Å². The molecular weight excluding hydrogens is 262 g/mol. The van der Waals surface area contributed by atoms with Crippen molar-refractivity contribution in [3.8, 4) is 5.75 Å². The molecule has 2 rings (SSSR count). The van der Waals surface area contributed by atoms with Crippen LogP contribution in [0, 0.1) is 6.92 Å². The molecule has 19 heavy (non-hydrogen) atoms. The van der Waals surface area contributed by atoms with Gasteiger partial charge in [0.15, 0.2) is 11.6 Å². The molecular formula is C12H17N5OS. The van der Waals surface area contributed by atoms with Crippen LogP contribution < -0.4 is 15.0 Å². The highest BCUT2D eigenvalue weighted by molar-refractivity contribution is 7.09. The van der Waals surface area contributed by atoms with E-state index in [4.69, 9.17) is 4.74 Å². The summed E-state index contributed by atoms with van der Waals surface area (Å²) in [6.07, 6.45) is 1.53. The number of thiazole rings is 1. The molecule has 1 N–H and O–H groups in total. The van der Waals surface area contributed by atoms with Gasteiger partial charge in [0.25, 0.3) is 0 Å². The van der Waals surface area contributed by atoms with E-state index in [2.05, 4.69) is 20.3 Å². The van der Waals surface area contributed by atoms with Gasteiger partial charge in [0, 0.05) is 19.0 Å². The zero-order valence-corrected chi connectivity index (χ0v) is 12.3. The lowest BCUT2D eigenvalue weighted by Gasteiger charge is -2.20. The monoisotopic (exact) mass is 279 g/mol. The fraction of sp³-hybridized carbons (Fsp3) is 0.417. The third-order valence-electron chi connectivity index (χ3n) is 2.81. The standard InChI is InChI=1S/C12H17N5OS/c1-8-9(19-7-16-8)5-17(3)12-10(18-4)11(13-2)14-6-15-12/h6-7H,5H2,1-4H3,(H,13,14,15). The number of rotatable bonds is 5. The minimum Gasteiger partial charge on any atom is -0.490 e. The molecule has 0 spiro atoms. The number of ether oxygens (including phenoxy) is 1. The first-order valence-electron chi connectivity index (χ1n) is 5.84. The van der Waals surface area contributed by atoms with Crippen LogP contribution in [0.25, 0.3) is 0 Å². The van der Waals surface area contributed by atoms with Crippen LogP contribution >= 0.6 is 11.3 Å². The van der Waals surface area contributed by atoms with Crippen LogP contribution in [0.5, 0.6) is 5.75 Å². The summed E-state index contributed by atoms with van der Waals surface area (Å²) < 4.78 is 5.40. The maximum Gasteiger partial charge on any atom is 0.204 e. The van der Waals surface area contributed by atoms with Crippen molar-refractivity contribution in [2.24, 2.45) is 0 Å². The predicted molar refractivity (Wildman–Crippen MR) is 77.1 cm³/mol. The van der Waals surface area contributed by atoms with Crippen LogP contribution in [0.2, 0.25) is 0 Å². The van der Waals surface area contributed by atoms with Crippen molar-refractivity contribution >= 4 is 23.0 Å². The van der Waals surface area contributed by atoms with E-state index in [0.717, 1.165) is 18.1 Å². The highest BCUT2D eigenvalue weighted by Crippen LogP contribution is 2.32. The zero-order chi connectivity index (χ0) is 13.8. The van der Waals surface area contributed by atoms with Gasteiger partial charge in [-0.05, 0) is 6.92 Å². The Bertz CT molecular complexity index is 557. The third-order valence-corrected chi connectivity index (χ3v) is 3.73. The molecule has 0 aromatic carbocycles. The average Bonchev–Trinajstić information content (AvgIpc) is 2.83. The summed E-state index contributed by atoms with van der Waals surface area (Å²) in [5.74, 6) is 2.09. The second kappa shape index (κ2) is 5.83. The van der Waals surface area contributed by atoms with Crippen molar-refractivity contribution in [1.29, 1.82) is 0 Å². The SMILES string of the molecule is CNc1ncnc(N(C)Cc2scnc2C)c1OC. The average molecular weight is 279 g/mol. The molecule has 6 nitrogen and oxygen atoms in total. The lowest BCUT2D eigenvalue weighted by Crippen LogP contribution is -2.19. The molecule has 0 bridgehead atoms. The van der Waals surface area contributed by atoms with Gasteiger partial charge in [0.2, 0.25) is 5.75 Å². The van der Waals surface area contributed by atoms with Crippen LogP contribution in [0.4, 0.5) is 11.6 Å². The lowest BCUT2D eigenvalue weighted by molar-refractivity contribution is 0.413. The molecule has 0 unspecified atom stereocenters. The highest BCUT2D eigenvalue weighted by atomic mass is 32.1. The van der Waals surface area contributed by atoms with E-state index in [1.54, 1.807) is 18.4 Å². The minimum absolute atomic E-state index is 0.648. The largest absolute Gasteiger partial charge is 0.490 e. The molecule has 0 aliphatic rings. The van der Waals surface area contributed by atoms with E-state index in [-0.39, 0.29) is 0 Å². The van der Waals surface area contributed by atoms with Gasteiger partial charge in [0.05, 0.1) is 24.9 Å². The summed E-state index contributed by atoms with van der Waals surface area (Å²) in [7, 11) is 5.40. The zero-order valence-electron chi connectivity index (χ0n) is 11.5. The van der Waals surface area contributed by atoms with Crippen LogP contribution in [-0.2, 0) is 6.54 Å². The first-order chi connectivity index (χ1) is 9.17. The van der Waals surface area contributed by atoms with E-state index in [1.807, 2.05) is 31.4 Å². The Hall–Kier alpha value is -1.89. The summed E-state index contributed by atoms with van der Waals surface area (Å²) in [6.45, 7) is 2.75. The normalized spacial score (nSPS) is 10.3. The van der Waals surface area contributed by atoms with E-state index in [1.165, 1.54) is 11.2 Å². The summed E-state index contributed by atoms with van der Waals surface area (Å²) in [6, 6.07) is 0. The highest BCUT2D eigenvalue weighted by Gasteiger charge is 2.16. The molecule has 0 radical (unpaired) electrons. The lowest BCUT2D eigenvalue weighted by atomic mass is 10.3. The molecule has 7 heteroatoms. The Balaban J connectivity index is 2.28. The van der Waals surface area contributed by atoms with Gasteiger partial charge >= 0.3 is 0 Å². The number of nitrogens with zero attached hydrogens (tertiary/aromatic N) is 4. The van der Waals surface area contributed by atoms with E-state index >= 15 is 0 Å². The van der Waals surface area contributed by atoms with Crippen molar-refractivity contribution in [3.63, 3.8) is 0 Å². The summed E-state index contributed by atoms with van der Waals surface area (Å²) in [5, 5.41) is 3.00. The number of hydrogen-bond acceptors (Lipinski definition) is 7. The van der Waals surface area contributed by atoms with E-state index < -0.39 is 0 Å². The van der Waals surface area contributed by atoms with Gasteiger partial charge < -0.3 is 15.0 Å². The first-order valence-corrected chi connectivity index (χ1v) is 6.72.